The van der Waals surface area contributed by atoms with E-state index in [2.05, 4.69) is 48.6 Å². The highest BCUT2D eigenvalue weighted by Crippen LogP contribution is 2.48. The van der Waals surface area contributed by atoms with Gasteiger partial charge in [-0.2, -0.15) is 76.3 Å². The molecule has 0 N–H and O–H groups in total. The molecule has 0 unspecified atom stereocenters. The molecule has 494 valence electrons. The quantitative estimate of drug-likeness (QED) is 0.123. The van der Waals surface area contributed by atoms with E-state index < -0.39 is 11.7 Å². The van der Waals surface area contributed by atoms with Gasteiger partial charge in [-0.3, -0.25) is 0 Å². The number of nitrogens with zero attached hydrogens (tertiary/aromatic N) is 17. The zero-order valence-electron chi connectivity index (χ0n) is 55.5. The van der Waals surface area contributed by atoms with Crippen LogP contribution >= 0.6 is 0 Å². The molecule has 0 aliphatic rings. The zero-order chi connectivity index (χ0) is 75.2. The van der Waals surface area contributed by atoms with Gasteiger partial charge in [-0.15, -0.1) is 0 Å². The lowest BCUT2D eigenvalue weighted by molar-refractivity contribution is -0.137. The molecule has 3 heterocycles. The van der Waals surface area contributed by atoms with E-state index in [1.807, 2.05) is 84.9 Å². The van der Waals surface area contributed by atoms with Crippen LogP contribution in [0.2, 0.25) is 0 Å². The van der Waals surface area contributed by atoms with E-state index in [9.17, 15) is 63.1 Å². The first kappa shape index (κ1) is 66.8. The number of halogens is 3. The van der Waals surface area contributed by atoms with Gasteiger partial charge in [0.15, 0.2) is 17.5 Å². The molecule has 0 spiro atoms. The number of hydrogen-bond acceptors (Lipinski definition) is 15. The fourth-order valence-electron chi connectivity index (χ4n) is 14.1. The number of fused-ring (bicyclic) bond motifs is 6. The van der Waals surface area contributed by atoms with E-state index in [0.29, 0.717) is 77.0 Å². The zero-order valence-corrected chi connectivity index (χ0v) is 55.5. The third kappa shape index (κ3) is 11.3. The Hall–Kier alpha value is -17.1. The normalized spacial score (nSPS) is 10.8. The Morgan fingerprint density at radius 3 is 0.852 bits per heavy atom. The Morgan fingerprint density at radius 1 is 0.259 bits per heavy atom. The molecule has 15 aromatic rings. The van der Waals surface area contributed by atoms with Crippen molar-refractivity contribution in [1.82, 2.24) is 24.1 Å². The molecule has 12 aromatic carbocycles. The second kappa shape index (κ2) is 26.8. The van der Waals surface area contributed by atoms with Crippen molar-refractivity contribution in [3.63, 3.8) is 0 Å². The van der Waals surface area contributed by atoms with Gasteiger partial charge in [0.05, 0.1) is 173 Å². The summed E-state index contributed by atoms with van der Waals surface area (Å²) in [5.41, 5.74) is 4.10. The summed E-state index contributed by atoms with van der Waals surface area (Å²) < 4.78 is 53.9. The van der Waals surface area contributed by atoms with E-state index >= 15 is 13.2 Å². The fourth-order valence-corrected chi connectivity index (χ4v) is 14.1. The summed E-state index contributed by atoms with van der Waals surface area (Å²) in [7, 11) is 0. The van der Waals surface area contributed by atoms with Crippen molar-refractivity contribution in [3.05, 3.63) is 291 Å². The van der Waals surface area contributed by atoms with Crippen LogP contribution < -0.4 is 0 Å². The molecule has 0 radical (unpaired) electrons. The largest absolute Gasteiger partial charge is 0.417 e. The highest BCUT2D eigenvalue weighted by Gasteiger charge is 2.36. The minimum atomic E-state index is -5.10. The number of aromatic nitrogens is 5. The molecule has 0 bridgehead atoms. The van der Waals surface area contributed by atoms with Crippen molar-refractivity contribution < 1.29 is 13.2 Å². The average Bonchev–Trinajstić information content (AvgIpc) is 1.56. The van der Waals surface area contributed by atoms with Crippen molar-refractivity contribution >= 4 is 43.6 Å². The van der Waals surface area contributed by atoms with Gasteiger partial charge in [0.1, 0.15) is 0 Å². The van der Waals surface area contributed by atoms with Crippen LogP contribution in [0.5, 0.6) is 0 Å². The molecule has 15 rings (SSSR count). The molecule has 0 fully saturated rings. The highest BCUT2D eigenvalue weighted by atomic mass is 19.4. The molecule has 0 amide bonds. The van der Waals surface area contributed by atoms with E-state index in [0.717, 1.165) is 6.07 Å². The molecular weight excluding hydrogens is 1350 g/mol. The molecule has 3 aromatic heterocycles. The summed E-state index contributed by atoms with van der Waals surface area (Å²) in [6.45, 7) is 0. The lowest BCUT2D eigenvalue weighted by Gasteiger charge is -2.21. The van der Waals surface area contributed by atoms with E-state index in [1.165, 1.54) is 60.7 Å². The average molecular weight is 1390 g/mol. The van der Waals surface area contributed by atoms with Gasteiger partial charge >= 0.3 is 6.18 Å². The standard InChI is InChI=1S/C88H36F3N17/c89-88(90,91)75-17-16-68(107-76-18-11-55(81-60(41-96)23-49(37-92)24-61(81)42-97)31-71(76)72-32-56(12-19-77(72)107)82-62(43-98)25-50(38-93)26-63(82)44-99)36-69(75)70-35-59(87-105-85(53-7-3-1-4-8-53)104-86(106-87)54-9-5-2-6-10-54)15-22-78(70)108-79-20-13-57(83-64(45-100)27-51(39-94)28-65(83)46-101)33-73(79)74-34-58(14-21-80(74)108)84-66(47-102)29-52(40-95)30-67(84)48-103/h1-36H. The van der Waals surface area contributed by atoms with Crippen LogP contribution in [-0.2, 0) is 6.18 Å². The third-order valence-electron chi connectivity index (χ3n) is 18.8. The molecule has 17 nitrogen and oxygen atoms in total. The maximum Gasteiger partial charge on any atom is 0.417 e. The Kier molecular flexibility index (Phi) is 16.6. The summed E-state index contributed by atoms with van der Waals surface area (Å²) >= 11 is 0. The first-order valence-electron chi connectivity index (χ1n) is 32.6. The van der Waals surface area contributed by atoms with Gasteiger partial charge in [-0.25, -0.2) is 15.0 Å². The predicted octanol–water partition coefficient (Wildman–Crippen LogP) is 18.9. The van der Waals surface area contributed by atoms with Crippen molar-refractivity contribution in [2.24, 2.45) is 0 Å². The van der Waals surface area contributed by atoms with Crippen molar-refractivity contribution in [3.8, 4) is 174 Å². The van der Waals surface area contributed by atoms with Crippen molar-refractivity contribution in [2.75, 3.05) is 0 Å². The van der Waals surface area contributed by atoms with Gasteiger partial charge in [0.25, 0.3) is 0 Å². The van der Waals surface area contributed by atoms with Crippen LogP contribution in [0, 0.1) is 136 Å². The van der Waals surface area contributed by atoms with Gasteiger partial charge in [0.2, 0.25) is 0 Å². The van der Waals surface area contributed by atoms with Gasteiger partial charge < -0.3 is 9.13 Å². The Morgan fingerprint density at radius 2 is 0.556 bits per heavy atom. The van der Waals surface area contributed by atoms with Gasteiger partial charge in [-0.1, -0.05) is 84.9 Å². The van der Waals surface area contributed by atoms with Crippen molar-refractivity contribution in [2.45, 2.75) is 6.18 Å². The predicted molar refractivity (Wildman–Crippen MR) is 394 cm³/mol. The summed E-state index contributed by atoms with van der Waals surface area (Å²) in [6.07, 6.45) is -5.10. The SMILES string of the molecule is N#Cc1cc(C#N)c(-c2ccc3c(c2)c2cc(-c4c(C#N)cc(C#N)cc4C#N)ccc2n3-c2ccc(C(F)(F)F)c(-c3cc(-c4nc(-c5ccccc5)nc(-c5ccccc5)n4)ccc3-n3c4ccc(-c5c(C#N)cc(C#N)cc5C#N)cc4c4cc(-c5c(C#N)cc(C#N)cc5C#N)ccc43)c2)c(C#N)c1. The minimum Gasteiger partial charge on any atom is -0.309 e. The second-order valence-corrected chi connectivity index (χ2v) is 24.7. The molecular formula is C88H36F3N17. The number of hydrogen-bond donors (Lipinski definition) is 0. The first-order chi connectivity index (χ1) is 52.6. The molecule has 0 saturated heterocycles. The molecule has 108 heavy (non-hydrogen) atoms. The Bertz CT molecular complexity index is 6580. The maximum atomic E-state index is 16.8. The number of nitriles is 12. The van der Waals surface area contributed by atoms with E-state index in [-0.39, 0.29) is 135 Å². The Balaban J connectivity index is 1.06. The summed E-state index contributed by atoms with van der Waals surface area (Å²) in [4.78, 5) is 14.9. The number of benzene rings is 12. The van der Waals surface area contributed by atoms with Gasteiger partial charge in [-0.05, 0) is 161 Å². The number of rotatable bonds is 10. The molecule has 0 atom stereocenters. The lowest BCUT2D eigenvalue weighted by Crippen LogP contribution is -2.10. The molecule has 20 heteroatoms. The van der Waals surface area contributed by atoms with Crippen LogP contribution in [0.15, 0.2) is 218 Å². The minimum absolute atomic E-state index is 0.00345. The van der Waals surface area contributed by atoms with Crippen molar-refractivity contribution in [1.29, 1.82) is 63.1 Å². The van der Waals surface area contributed by atoms with E-state index in [4.69, 9.17) is 15.0 Å². The third-order valence-corrected chi connectivity index (χ3v) is 18.8. The maximum absolute atomic E-state index is 16.8. The summed E-state index contributed by atoms with van der Waals surface area (Å²) in [5, 5.41) is 126. The Labute approximate surface area is 611 Å². The summed E-state index contributed by atoms with van der Waals surface area (Å²) in [5.74, 6) is 0.564. The molecule has 0 saturated carbocycles. The first-order valence-corrected chi connectivity index (χ1v) is 32.6. The van der Waals surface area contributed by atoms with Crippen LogP contribution in [0.25, 0.3) is 145 Å². The smallest absolute Gasteiger partial charge is 0.309 e. The molecule has 0 aliphatic carbocycles. The van der Waals surface area contributed by atoms with Crippen LogP contribution in [-0.4, -0.2) is 24.1 Å². The molecule has 0 aliphatic heterocycles. The monoisotopic (exact) mass is 1390 g/mol. The number of alkyl halides is 3. The van der Waals surface area contributed by atoms with Crippen LogP contribution in [0.4, 0.5) is 13.2 Å². The lowest BCUT2D eigenvalue weighted by atomic mass is 9.91. The van der Waals surface area contributed by atoms with Gasteiger partial charge in [0, 0.05) is 71.7 Å². The highest BCUT2D eigenvalue weighted by molar-refractivity contribution is 6.14. The van der Waals surface area contributed by atoms with Crippen LogP contribution in [0.1, 0.15) is 72.3 Å². The second-order valence-electron chi connectivity index (χ2n) is 24.7. The summed E-state index contributed by atoms with van der Waals surface area (Å²) in [6, 6.07) is 82.7. The topological polar surface area (TPSA) is 334 Å². The van der Waals surface area contributed by atoms with E-state index in [1.54, 1.807) is 100 Å². The van der Waals surface area contributed by atoms with Crippen LogP contribution in [0.3, 0.4) is 0 Å². The fraction of sp³-hybridized carbons (Fsp3) is 0.0114.